The molecular weight excluding hydrogens is 210 g/mol. The van der Waals surface area contributed by atoms with Crippen LogP contribution >= 0.6 is 0 Å². The Morgan fingerprint density at radius 1 is 1.06 bits per heavy atom. The molecule has 0 saturated carbocycles. The molecule has 0 heterocycles. The summed E-state index contributed by atoms with van der Waals surface area (Å²) in [7, 11) is 3.20. The molecule has 5 heteroatoms. The van der Waals surface area contributed by atoms with Crippen LogP contribution in [0.1, 0.15) is 20.8 Å². The van der Waals surface area contributed by atoms with E-state index < -0.39 is 5.60 Å². The van der Waals surface area contributed by atoms with E-state index >= 15 is 0 Å². The zero-order chi connectivity index (χ0) is 12.6. The minimum Gasteiger partial charge on any atom is -0.444 e. The third-order valence-corrected chi connectivity index (χ3v) is 1.78. The lowest BCUT2D eigenvalue weighted by molar-refractivity contribution is 0.0151. The van der Waals surface area contributed by atoms with Gasteiger partial charge in [0.15, 0.2) is 0 Å². The van der Waals surface area contributed by atoms with Gasteiger partial charge in [0, 0.05) is 27.3 Å². The van der Waals surface area contributed by atoms with Crippen molar-refractivity contribution >= 4 is 6.09 Å². The first kappa shape index (κ1) is 15.2. The van der Waals surface area contributed by atoms with Crippen LogP contribution in [0.2, 0.25) is 0 Å². The molecule has 0 aromatic rings. The number of nitrogens with zero attached hydrogens (tertiary/aromatic N) is 1. The Morgan fingerprint density at radius 2 is 1.50 bits per heavy atom. The lowest BCUT2D eigenvalue weighted by atomic mass is 10.2. The summed E-state index contributed by atoms with van der Waals surface area (Å²) in [6, 6.07) is 0. The van der Waals surface area contributed by atoms with Gasteiger partial charge in [0.1, 0.15) is 5.60 Å². The second-order valence-corrected chi connectivity index (χ2v) is 4.45. The average Bonchev–Trinajstić information content (AvgIpc) is 2.15. The van der Waals surface area contributed by atoms with Crippen molar-refractivity contribution in [1.82, 2.24) is 4.90 Å². The summed E-state index contributed by atoms with van der Waals surface area (Å²) < 4.78 is 15.2. The topological polar surface area (TPSA) is 48.0 Å². The van der Waals surface area contributed by atoms with Crippen LogP contribution in [-0.2, 0) is 14.2 Å². The molecule has 0 bridgehead atoms. The zero-order valence-electron chi connectivity index (χ0n) is 10.9. The fourth-order valence-electron chi connectivity index (χ4n) is 1.02. The van der Waals surface area contributed by atoms with Crippen LogP contribution in [0.4, 0.5) is 4.79 Å². The van der Waals surface area contributed by atoms with Crippen LogP contribution < -0.4 is 0 Å². The summed E-state index contributed by atoms with van der Waals surface area (Å²) in [5, 5.41) is 0. The summed E-state index contributed by atoms with van der Waals surface area (Å²) in [6.07, 6.45) is -0.332. The molecule has 0 fully saturated rings. The Bertz CT molecular complexity index is 193. The molecule has 0 aromatic carbocycles. The van der Waals surface area contributed by atoms with E-state index in [0.717, 1.165) is 0 Å². The molecule has 0 aliphatic heterocycles. The van der Waals surface area contributed by atoms with Crippen molar-refractivity contribution in [2.45, 2.75) is 26.4 Å². The van der Waals surface area contributed by atoms with Gasteiger partial charge in [0.05, 0.1) is 13.2 Å². The van der Waals surface area contributed by atoms with Gasteiger partial charge in [0.25, 0.3) is 0 Å². The Kier molecular flexibility index (Phi) is 7.08. The fraction of sp³-hybridized carbons (Fsp3) is 0.909. The normalized spacial score (nSPS) is 11.3. The van der Waals surface area contributed by atoms with Crippen LogP contribution in [-0.4, -0.2) is 57.1 Å². The first-order chi connectivity index (χ1) is 7.40. The summed E-state index contributed by atoms with van der Waals surface area (Å²) in [5.41, 5.74) is -0.477. The van der Waals surface area contributed by atoms with E-state index in [1.54, 1.807) is 19.1 Å². The maximum atomic E-state index is 11.8. The number of hydrogen-bond donors (Lipinski definition) is 0. The van der Waals surface area contributed by atoms with Crippen molar-refractivity contribution in [3.8, 4) is 0 Å². The molecule has 0 aromatic heterocycles. The molecule has 1 amide bonds. The second-order valence-electron chi connectivity index (χ2n) is 4.45. The highest BCUT2D eigenvalue weighted by Crippen LogP contribution is 2.09. The monoisotopic (exact) mass is 233 g/mol. The van der Waals surface area contributed by atoms with E-state index in [2.05, 4.69) is 0 Å². The van der Waals surface area contributed by atoms with Crippen LogP contribution in [0.25, 0.3) is 0 Å². The molecule has 0 atom stereocenters. The summed E-state index contributed by atoms with van der Waals surface area (Å²) in [4.78, 5) is 13.3. The van der Waals surface area contributed by atoms with Crippen LogP contribution in [0.15, 0.2) is 0 Å². The lowest BCUT2D eigenvalue weighted by Gasteiger charge is -2.27. The van der Waals surface area contributed by atoms with Gasteiger partial charge >= 0.3 is 6.09 Å². The Balaban J connectivity index is 4.19. The smallest absolute Gasteiger partial charge is 0.410 e. The molecule has 0 saturated heterocycles. The highest BCUT2D eigenvalue weighted by Gasteiger charge is 2.21. The maximum Gasteiger partial charge on any atom is 0.410 e. The number of ether oxygens (including phenoxy) is 3. The second kappa shape index (κ2) is 7.46. The third kappa shape index (κ3) is 7.48. The van der Waals surface area contributed by atoms with Gasteiger partial charge in [-0.1, -0.05) is 0 Å². The molecule has 5 nitrogen and oxygen atoms in total. The zero-order valence-corrected chi connectivity index (χ0v) is 10.9. The SMILES string of the molecule is COCCN(CCOC)C(=O)OC(C)(C)C. The molecule has 0 N–H and O–H groups in total. The van der Waals surface area contributed by atoms with Crippen LogP contribution in [0.3, 0.4) is 0 Å². The maximum absolute atomic E-state index is 11.8. The number of methoxy groups -OCH3 is 2. The Hall–Kier alpha value is -0.810. The molecular formula is C11H23NO4. The van der Waals surface area contributed by atoms with Gasteiger partial charge in [0.2, 0.25) is 0 Å². The van der Waals surface area contributed by atoms with Crippen LogP contribution in [0.5, 0.6) is 0 Å². The van der Waals surface area contributed by atoms with E-state index in [4.69, 9.17) is 14.2 Å². The minimum atomic E-state index is -0.477. The molecule has 0 aliphatic rings. The van der Waals surface area contributed by atoms with E-state index in [1.165, 1.54) is 0 Å². The molecule has 0 aliphatic carbocycles. The Labute approximate surface area is 97.7 Å². The molecule has 0 radical (unpaired) electrons. The summed E-state index contributed by atoms with van der Waals surface area (Å²) in [5.74, 6) is 0. The van der Waals surface area contributed by atoms with Gasteiger partial charge in [-0.05, 0) is 20.8 Å². The average molecular weight is 233 g/mol. The van der Waals surface area contributed by atoms with Crippen molar-refractivity contribution in [2.75, 3.05) is 40.5 Å². The quantitative estimate of drug-likeness (QED) is 0.698. The highest BCUT2D eigenvalue weighted by atomic mass is 16.6. The first-order valence-corrected chi connectivity index (χ1v) is 5.36. The van der Waals surface area contributed by atoms with Crippen molar-refractivity contribution in [1.29, 1.82) is 0 Å². The standard InChI is InChI=1S/C11H23NO4/c1-11(2,3)16-10(13)12(6-8-14-4)7-9-15-5/h6-9H2,1-5H3. The number of carbonyl (C=O) groups excluding carboxylic acids is 1. The van der Waals surface area contributed by atoms with Gasteiger partial charge in [-0.15, -0.1) is 0 Å². The van der Waals surface area contributed by atoms with Crippen molar-refractivity contribution in [3.05, 3.63) is 0 Å². The van der Waals surface area contributed by atoms with Gasteiger partial charge in [-0.2, -0.15) is 0 Å². The number of carbonyl (C=O) groups is 1. The van der Waals surface area contributed by atoms with E-state index in [0.29, 0.717) is 26.3 Å². The minimum absolute atomic E-state index is 0.332. The summed E-state index contributed by atoms with van der Waals surface area (Å²) >= 11 is 0. The van der Waals surface area contributed by atoms with E-state index in [-0.39, 0.29) is 6.09 Å². The largest absolute Gasteiger partial charge is 0.444 e. The summed E-state index contributed by atoms with van der Waals surface area (Å²) in [6.45, 7) is 7.52. The van der Waals surface area contributed by atoms with Gasteiger partial charge < -0.3 is 19.1 Å². The number of amides is 1. The van der Waals surface area contributed by atoms with Crippen molar-refractivity contribution < 1.29 is 19.0 Å². The highest BCUT2D eigenvalue weighted by molar-refractivity contribution is 5.68. The molecule has 0 unspecified atom stereocenters. The molecule has 0 spiro atoms. The van der Waals surface area contributed by atoms with E-state index in [9.17, 15) is 4.79 Å². The fourth-order valence-corrected chi connectivity index (χ4v) is 1.02. The third-order valence-electron chi connectivity index (χ3n) is 1.78. The van der Waals surface area contributed by atoms with Crippen molar-refractivity contribution in [2.24, 2.45) is 0 Å². The molecule has 16 heavy (non-hydrogen) atoms. The lowest BCUT2D eigenvalue weighted by Crippen LogP contribution is -2.40. The van der Waals surface area contributed by atoms with Gasteiger partial charge in [-0.3, -0.25) is 0 Å². The van der Waals surface area contributed by atoms with Crippen LogP contribution in [0, 0.1) is 0 Å². The Morgan fingerprint density at radius 3 is 1.81 bits per heavy atom. The molecule has 96 valence electrons. The van der Waals surface area contributed by atoms with Gasteiger partial charge in [-0.25, -0.2) is 4.79 Å². The predicted octanol–water partition coefficient (Wildman–Crippen LogP) is 1.52. The molecule has 0 rings (SSSR count). The number of hydrogen-bond acceptors (Lipinski definition) is 4. The van der Waals surface area contributed by atoms with E-state index in [1.807, 2.05) is 20.8 Å². The first-order valence-electron chi connectivity index (χ1n) is 5.36. The van der Waals surface area contributed by atoms with Crippen molar-refractivity contribution in [3.63, 3.8) is 0 Å². The predicted molar refractivity (Wildman–Crippen MR) is 61.6 cm³/mol. The number of rotatable bonds is 6.